The van der Waals surface area contributed by atoms with Gasteiger partial charge in [0.25, 0.3) is 0 Å². The number of hydrogen-bond acceptors (Lipinski definition) is 8. The van der Waals surface area contributed by atoms with Crippen LogP contribution in [-0.2, 0) is 24.3 Å². The molecule has 1 atom stereocenters. The summed E-state index contributed by atoms with van der Waals surface area (Å²) in [5.74, 6) is 1.25. The molecule has 258 valence electrons. The molecule has 9 rings (SSSR count). The molecule has 2 N–H and O–H groups in total. The molecule has 13 heteroatoms. The van der Waals surface area contributed by atoms with Gasteiger partial charge in [0.1, 0.15) is 22.4 Å². The number of amides is 1. The quantitative estimate of drug-likeness (QED) is 0.206. The molecule has 0 radical (unpaired) electrons. The van der Waals surface area contributed by atoms with Gasteiger partial charge in [0.15, 0.2) is 0 Å². The third-order valence-corrected chi connectivity index (χ3v) is 12.6. The van der Waals surface area contributed by atoms with E-state index in [9.17, 15) is 23.2 Å². The maximum absolute atomic E-state index is 13.2. The van der Waals surface area contributed by atoms with Gasteiger partial charge in [-0.1, -0.05) is 13.0 Å². The van der Waals surface area contributed by atoms with Gasteiger partial charge in [-0.05, 0) is 80.3 Å². The second-order valence-electron chi connectivity index (χ2n) is 15.2. The Hall–Kier alpha value is -3.89. The van der Waals surface area contributed by atoms with Crippen LogP contribution >= 0.6 is 11.3 Å². The van der Waals surface area contributed by atoms with Crippen molar-refractivity contribution in [2.75, 3.05) is 43.4 Å². The van der Waals surface area contributed by atoms with E-state index in [4.69, 9.17) is 4.98 Å². The van der Waals surface area contributed by atoms with Crippen LogP contribution in [0.4, 0.5) is 24.9 Å². The number of likely N-dealkylation sites (tertiary alicyclic amines) is 1. The number of aromatic nitrogens is 3. The van der Waals surface area contributed by atoms with Gasteiger partial charge in [0, 0.05) is 72.9 Å². The minimum absolute atomic E-state index is 0.0316. The molecule has 1 spiro atoms. The number of alkyl halides is 3. The summed E-state index contributed by atoms with van der Waals surface area (Å²) in [5, 5.41) is 18.1. The smallest absolute Gasteiger partial charge is 0.357 e. The fraction of sp³-hybridized carbons (Fsp3) is 0.556. The fourth-order valence-electron chi connectivity index (χ4n) is 9.42. The summed E-state index contributed by atoms with van der Waals surface area (Å²) in [6.07, 6.45) is 0.262. The SMILES string of the molecule is CCC(=O)NC12CC(Cn3c(C#N)cc4c(C)c(CN5CCC6(CCN(c7nc(NC)nc8sc(CC(F)(F)F)cc78)C6)C5)ccc43)(C1)C2. The number of carbonyl (C=O) groups excluding carboxylic acids is 1. The second-order valence-corrected chi connectivity index (χ2v) is 16.3. The summed E-state index contributed by atoms with van der Waals surface area (Å²) >= 11 is 1.09. The van der Waals surface area contributed by atoms with E-state index in [0.717, 1.165) is 93.6 Å². The molecule has 1 unspecified atom stereocenters. The first-order chi connectivity index (χ1) is 23.3. The maximum Gasteiger partial charge on any atom is 0.393 e. The summed E-state index contributed by atoms with van der Waals surface area (Å²) in [7, 11) is 1.73. The molecular formula is C36H41F3N8OS. The molecule has 4 aromatic rings. The van der Waals surface area contributed by atoms with Gasteiger partial charge in [-0.2, -0.15) is 23.4 Å². The summed E-state index contributed by atoms with van der Waals surface area (Å²) in [5.41, 5.74) is 4.48. The highest BCUT2D eigenvalue weighted by Crippen LogP contribution is 2.68. The van der Waals surface area contributed by atoms with Crippen LogP contribution in [0.5, 0.6) is 0 Å². The zero-order valence-electron chi connectivity index (χ0n) is 28.1. The lowest BCUT2D eigenvalue weighted by Crippen LogP contribution is -2.75. The number of anilines is 2. The lowest BCUT2D eigenvalue weighted by atomic mass is 9.39. The number of rotatable bonds is 9. The lowest BCUT2D eigenvalue weighted by Gasteiger charge is -2.70. The second kappa shape index (κ2) is 11.3. The molecule has 2 saturated heterocycles. The molecule has 9 nitrogen and oxygen atoms in total. The summed E-state index contributed by atoms with van der Waals surface area (Å²) in [6.45, 7) is 9.21. The van der Waals surface area contributed by atoms with Crippen molar-refractivity contribution in [2.24, 2.45) is 10.8 Å². The van der Waals surface area contributed by atoms with Gasteiger partial charge >= 0.3 is 6.18 Å². The molecule has 2 bridgehead atoms. The van der Waals surface area contributed by atoms with Gasteiger partial charge < -0.3 is 20.1 Å². The van der Waals surface area contributed by atoms with Crippen molar-refractivity contribution in [3.8, 4) is 6.07 Å². The topological polar surface area (TPSA) is 102 Å². The highest BCUT2D eigenvalue weighted by atomic mass is 32.1. The summed E-state index contributed by atoms with van der Waals surface area (Å²) in [4.78, 5) is 26.8. The van der Waals surface area contributed by atoms with Crippen molar-refractivity contribution in [1.29, 1.82) is 5.26 Å². The molecule has 1 aromatic carbocycles. The van der Waals surface area contributed by atoms with E-state index in [1.807, 2.05) is 13.0 Å². The Morgan fingerprint density at radius 1 is 1.10 bits per heavy atom. The first-order valence-electron chi connectivity index (χ1n) is 17.2. The number of halogens is 3. The van der Waals surface area contributed by atoms with Crippen molar-refractivity contribution in [3.05, 3.63) is 46.0 Å². The Labute approximate surface area is 287 Å². The maximum atomic E-state index is 13.2. The molecule has 5 aliphatic rings. The minimum Gasteiger partial charge on any atom is -0.357 e. The Kier molecular flexibility index (Phi) is 7.47. The van der Waals surface area contributed by atoms with Crippen molar-refractivity contribution < 1.29 is 18.0 Å². The van der Waals surface area contributed by atoms with E-state index in [0.29, 0.717) is 34.1 Å². The largest absolute Gasteiger partial charge is 0.393 e. The number of nitrogens with one attached hydrogen (secondary N) is 2. The number of aryl methyl sites for hydroxylation is 1. The van der Waals surface area contributed by atoms with Crippen LogP contribution in [0.25, 0.3) is 21.1 Å². The van der Waals surface area contributed by atoms with Crippen molar-refractivity contribution in [3.63, 3.8) is 0 Å². The van der Waals surface area contributed by atoms with Gasteiger partial charge in [-0.25, -0.2) is 4.98 Å². The number of nitrogens with zero attached hydrogens (tertiary/aromatic N) is 6. The van der Waals surface area contributed by atoms with E-state index in [-0.39, 0.29) is 27.2 Å². The molecule has 49 heavy (non-hydrogen) atoms. The molecule has 3 aromatic heterocycles. The highest BCUT2D eigenvalue weighted by Gasteiger charge is 2.68. The third kappa shape index (κ3) is 5.61. The van der Waals surface area contributed by atoms with Crippen LogP contribution in [-0.4, -0.2) is 70.3 Å². The fourth-order valence-corrected chi connectivity index (χ4v) is 10.5. The number of fused-ring (bicyclic) bond motifs is 2. The Balaban J connectivity index is 0.964. The first kappa shape index (κ1) is 32.3. The van der Waals surface area contributed by atoms with Crippen LogP contribution in [0.1, 0.15) is 67.1 Å². The molecule has 2 aliphatic heterocycles. The average Bonchev–Trinajstić information content (AvgIpc) is 3.81. The van der Waals surface area contributed by atoms with E-state index in [1.165, 1.54) is 11.1 Å². The molecular weight excluding hydrogens is 650 g/mol. The van der Waals surface area contributed by atoms with E-state index < -0.39 is 12.6 Å². The van der Waals surface area contributed by atoms with Crippen molar-refractivity contribution in [2.45, 2.75) is 83.6 Å². The number of carbonyl (C=O) groups is 1. The lowest BCUT2D eigenvalue weighted by molar-refractivity contribution is -0.171. The van der Waals surface area contributed by atoms with E-state index in [2.05, 4.69) is 55.1 Å². The first-order valence-corrected chi connectivity index (χ1v) is 18.0. The van der Waals surface area contributed by atoms with Gasteiger partial charge in [-0.3, -0.25) is 9.69 Å². The highest BCUT2D eigenvalue weighted by molar-refractivity contribution is 7.18. The van der Waals surface area contributed by atoms with Crippen LogP contribution in [0.15, 0.2) is 24.3 Å². The third-order valence-electron chi connectivity index (χ3n) is 11.6. The van der Waals surface area contributed by atoms with Crippen LogP contribution in [0.3, 0.4) is 0 Å². The zero-order chi connectivity index (χ0) is 34.3. The van der Waals surface area contributed by atoms with Crippen LogP contribution < -0.4 is 15.5 Å². The Morgan fingerprint density at radius 2 is 1.88 bits per heavy atom. The number of benzene rings is 1. The normalized spacial score (nSPS) is 26.3. The van der Waals surface area contributed by atoms with Gasteiger partial charge in [0.2, 0.25) is 11.9 Å². The number of hydrogen-bond donors (Lipinski definition) is 2. The molecule has 3 saturated carbocycles. The zero-order valence-corrected chi connectivity index (χ0v) is 29.0. The molecule has 5 heterocycles. The van der Waals surface area contributed by atoms with E-state index in [1.54, 1.807) is 13.1 Å². The molecule has 1 amide bonds. The molecule has 3 aliphatic carbocycles. The predicted octanol–water partition coefficient (Wildman–Crippen LogP) is 6.52. The summed E-state index contributed by atoms with van der Waals surface area (Å²) in [6, 6.07) is 10.5. The van der Waals surface area contributed by atoms with E-state index >= 15 is 0 Å². The number of thiophene rings is 1. The standard InChI is InChI=1S/C36H41F3N8OS/c1-4-29(48)44-35-16-34(17-35,18-35)21-47-24(14-40)11-26-22(2)23(5-6-28(26)47)15-45-9-7-33(19-45)8-10-46(20-33)30-27-12-25(13-36(37,38)39)49-31(27)43-32(41-3)42-30/h5-6,11-12H,4,7-10,13,15-21H2,1-3H3,(H,44,48)(H,41,42,43). The Morgan fingerprint density at radius 3 is 2.59 bits per heavy atom. The number of nitriles is 1. The van der Waals surface area contributed by atoms with Crippen molar-refractivity contribution in [1.82, 2.24) is 24.8 Å². The minimum atomic E-state index is -4.27. The predicted molar refractivity (Wildman–Crippen MR) is 185 cm³/mol. The van der Waals surface area contributed by atoms with Crippen molar-refractivity contribution >= 4 is 50.1 Å². The summed E-state index contributed by atoms with van der Waals surface area (Å²) < 4.78 is 41.8. The van der Waals surface area contributed by atoms with Crippen LogP contribution in [0, 0.1) is 29.1 Å². The monoisotopic (exact) mass is 690 g/mol. The Bertz CT molecular complexity index is 2010. The van der Waals surface area contributed by atoms with Gasteiger partial charge in [-0.15, -0.1) is 11.3 Å². The van der Waals surface area contributed by atoms with Crippen LogP contribution in [0.2, 0.25) is 0 Å². The van der Waals surface area contributed by atoms with Gasteiger partial charge in [0.05, 0.1) is 11.8 Å². The average molecular weight is 691 g/mol. The molecule has 5 fully saturated rings.